The van der Waals surface area contributed by atoms with Crippen molar-refractivity contribution >= 4 is 0 Å². The van der Waals surface area contributed by atoms with Crippen molar-refractivity contribution in [1.29, 1.82) is 0 Å². The van der Waals surface area contributed by atoms with Gasteiger partial charge in [-0.3, -0.25) is 0 Å². The molecular formula is C17H27NO3. The lowest BCUT2D eigenvalue weighted by Gasteiger charge is -2.27. The Balaban J connectivity index is 2.07. The third-order valence-corrected chi connectivity index (χ3v) is 4.40. The van der Waals surface area contributed by atoms with Crippen LogP contribution in [-0.2, 0) is 6.54 Å². The normalized spacial score (nSPS) is 21.9. The van der Waals surface area contributed by atoms with Gasteiger partial charge in [-0.2, -0.15) is 0 Å². The first-order valence-corrected chi connectivity index (χ1v) is 7.70. The molecule has 21 heavy (non-hydrogen) atoms. The minimum Gasteiger partial charge on any atom is -0.496 e. The van der Waals surface area contributed by atoms with Crippen molar-refractivity contribution < 1.29 is 14.2 Å². The molecule has 0 radical (unpaired) electrons. The van der Waals surface area contributed by atoms with E-state index in [0.29, 0.717) is 6.04 Å². The van der Waals surface area contributed by atoms with Gasteiger partial charge in [0.15, 0.2) is 0 Å². The fraction of sp³-hybridized carbons (Fsp3) is 0.647. The van der Waals surface area contributed by atoms with Gasteiger partial charge in [0, 0.05) is 24.7 Å². The van der Waals surface area contributed by atoms with Crippen LogP contribution in [0.2, 0.25) is 0 Å². The first kappa shape index (κ1) is 16.0. The second-order valence-corrected chi connectivity index (χ2v) is 5.85. The molecule has 2 rings (SSSR count). The summed E-state index contributed by atoms with van der Waals surface area (Å²) in [5.74, 6) is 3.23. The summed E-state index contributed by atoms with van der Waals surface area (Å²) in [6.45, 7) is 3.10. The highest BCUT2D eigenvalue weighted by atomic mass is 16.5. The van der Waals surface area contributed by atoms with Crippen LogP contribution in [0.15, 0.2) is 12.1 Å². The van der Waals surface area contributed by atoms with Crippen LogP contribution in [0.5, 0.6) is 17.2 Å². The van der Waals surface area contributed by atoms with Gasteiger partial charge in [0.2, 0.25) is 0 Å². The van der Waals surface area contributed by atoms with Crippen molar-refractivity contribution in [3.05, 3.63) is 17.7 Å². The fourth-order valence-corrected chi connectivity index (χ4v) is 2.96. The number of ether oxygens (including phenoxy) is 3. The largest absolute Gasteiger partial charge is 0.496 e. The summed E-state index contributed by atoms with van der Waals surface area (Å²) >= 11 is 0. The Morgan fingerprint density at radius 1 is 0.952 bits per heavy atom. The van der Waals surface area contributed by atoms with Crippen molar-refractivity contribution in [1.82, 2.24) is 5.32 Å². The molecule has 0 unspecified atom stereocenters. The fourth-order valence-electron chi connectivity index (χ4n) is 2.96. The van der Waals surface area contributed by atoms with E-state index in [2.05, 4.69) is 12.2 Å². The van der Waals surface area contributed by atoms with Gasteiger partial charge in [0.1, 0.15) is 17.2 Å². The zero-order valence-corrected chi connectivity index (χ0v) is 13.6. The molecule has 1 N–H and O–H groups in total. The Kier molecular flexibility index (Phi) is 5.74. The van der Waals surface area contributed by atoms with E-state index < -0.39 is 0 Å². The molecule has 0 aromatic heterocycles. The lowest BCUT2D eigenvalue weighted by atomic mass is 9.87. The van der Waals surface area contributed by atoms with E-state index in [0.717, 1.165) is 35.3 Å². The first-order chi connectivity index (χ1) is 10.2. The minimum absolute atomic E-state index is 0.595. The lowest BCUT2D eigenvalue weighted by molar-refractivity contribution is 0.302. The molecule has 0 saturated heterocycles. The minimum atomic E-state index is 0.595. The topological polar surface area (TPSA) is 39.7 Å². The molecule has 118 valence electrons. The Morgan fingerprint density at radius 2 is 1.52 bits per heavy atom. The van der Waals surface area contributed by atoms with Gasteiger partial charge < -0.3 is 19.5 Å². The maximum absolute atomic E-state index is 5.49. The smallest absolute Gasteiger partial charge is 0.130 e. The van der Waals surface area contributed by atoms with Gasteiger partial charge in [0.05, 0.1) is 26.9 Å². The van der Waals surface area contributed by atoms with Crippen molar-refractivity contribution in [2.45, 2.75) is 45.2 Å². The van der Waals surface area contributed by atoms with Gasteiger partial charge in [-0.15, -0.1) is 0 Å². The summed E-state index contributed by atoms with van der Waals surface area (Å²) < 4.78 is 16.3. The van der Waals surface area contributed by atoms with Crippen LogP contribution in [0.3, 0.4) is 0 Å². The Bertz CT molecular complexity index is 428. The Labute approximate surface area is 127 Å². The van der Waals surface area contributed by atoms with Crippen molar-refractivity contribution in [3.63, 3.8) is 0 Å². The average Bonchev–Trinajstić information content (AvgIpc) is 2.53. The molecule has 1 aromatic rings. The number of nitrogens with one attached hydrogen (secondary N) is 1. The Hall–Kier alpha value is -1.42. The lowest BCUT2D eigenvalue weighted by Crippen LogP contribution is -2.32. The van der Waals surface area contributed by atoms with E-state index in [-0.39, 0.29) is 0 Å². The second-order valence-electron chi connectivity index (χ2n) is 5.85. The molecule has 4 heteroatoms. The van der Waals surface area contributed by atoms with E-state index in [1.807, 2.05) is 12.1 Å². The third-order valence-electron chi connectivity index (χ3n) is 4.40. The third kappa shape index (κ3) is 4.03. The van der Waals surface area contributed by atoms with Crippen molar-refractivity contribution in [2.24, 2.45) is 5.92 Å². The van der Waals surface area contributed by atoms with Gasteiger partial charge in [-0.05, 0) is 31.6 Å². The second kappa shape index (κ2) is 7.55. The molecule has 1 aromatic carbocycles. The van der Waals surface area contributed by atoms with E-state index >= 15 is 0 Å². The quantitative estimate of drug-likeness (QED) is 0.873. The van der Waals surface area contributed by atoms with Crippen LogP contribution in [0.1, 0.15) is 38.2 Å². The van der Waals surface area contributed by atoms with Crippen LogP contribution in [0.4, 0.5) is 0 Å². The molecule has 4 nitrogen and oxygen atoms in total. The van der Waals surface area contributed by atoms with Crippen LogP contribution in [0.25, 0.3) is 0 Å². The standard InChI is InChI=1S/C17H27NO3/c1-12-5-7-13(8-6-12)18-11-15-16(20-3)9-14(19-2)10-17(15)21-4/h9-10,12-13,18H,5-8,11H2,1-4H3. The molecule has 0 bridgehead atoms. The molecule has 1 aliphatic rings. The molecule has 0 heterocycles. The molecular weight excluding hydrogens is 266 g/mol. The highest BCUT2D eigenvalue weighted by molar-refractivity contribution is 5.50. The maximum Gasteiger partial charge on any atom is 0.130 e. The number of hydrogen-bond acceptors (Lipinski definition) is 4. The summed E-state index contributed by atoms with van der Waals surface area (Å²) in [7, 11) is 5.01. The molecule has 0 aliphatic heterocycles. The number of methoxy groups -OCH3 is 3. The summed E-state index contributed by atoms with van der Waals surface area (Å²) in [4.78, 5) is 0. The number of rotatable bonds is 6. The maximum atomic E-state index is 5.49. The summed E-state index contributed by atoms with van der Waals surface area (Å²) in [6, 6.07) is 4.41. The van der Waals surface area contributed by atoms with E-state index in [4.69, 9.17) is 14.2 Å². The molecule has 1 aliphatic carbocycles. The first-order valence-electron chi connectivity index (χ1n) is 7.70. The Morgan fingerprint density at radius 3 is 2.00 bits per heavy atom. The summed E-state index contributed by atoms with van der Waals surface area (Å²) in [5.41, 5.74) is 1.06. The van der Waals surface area contributed by atoms with Gasteiger partial charge in [-0.1, -0.05) is 6.92 Å². The van der Waals surface area contributed by atoms with Crippen LogP contribution in [0, 0.1) is 5.92 Å². The highest BCUT2D eigenvalue weighted by Gasteiger charge is 2.19. The number of hydrogen-bond donors (Lipinski definition) is 1. The predicted molar refractivity (Wildman–Crippen MR) is 84.4 cm³/mol. The van der Waals surface area contributed by atoms with Gasteiger partial charge >= 0.3 is 0 Å². The van der Waals surface area contributed by atoms with Gasteiger partial charge in [0.25, 0.3) is 0 Å². The van der Waals surface area contributed by atoms with Gasteiger partial charge in [-0.25, -0.2) is 0 Å². The number of benzene rings is 1. The highest BCUT2D eigenvalue weighted by Crippen LogP contribution is 2.34. The SMILES string of the molecule is COc1cc(OC)c(CNC2CCC(C)CC2)c(OC)c1. The van der Waals surface area contributed by atoms with Crippen LogP contribution < -0.4 is 19.5 Å². The van der Waals surface area contributed by atoms with E-state index in [9.17, 15) is 0 Å². The van der Waals surface area contributed by atoms with Crippen LogP contribution >= 0.6 is 0 Å². The molecule has 0 atom stereocenters. The van der Waals surface area contributed by atoms with Crippen molar-refractivity contribution in [2.75, 3.05) is 21.3 Å². The predicted octanol–water partition coefficient (Wildman–Crippen LogP) is 3.38. The van der Waals surface area contributed by atoms with Crippen LogP contribution in [-0.4, -0.2) is 27.4 Å². The molecule has 1 fully saturated rings. The van der Waals surface area contributed by atoms with Crippen molar-refractivity contribution in [3.8, 4) is 17.2 Å². The molecule has 1 saturated carbocycles. The molecule has 0 spiro atoms. The average molecular weight is 293 g/mol. The zero-order valence-electron chi connectivity index (χ0n) is 13.6. The summed E-state index contributed by atoms with van der Waals surface area (Å²) in [6.07, 6.45) is 5.13. The monoisotopic (exact) mass is 293 g/mol. The zero-order chi connectivity index (χ0) is 15.2. The van der Waals surface area contributed by atoms with E-state index in [1.165, 1.54) is 25.7 Å². The summed E-state index contributed by atoms with van der Waals surface area (Å²) in [5, 5.41) is 3.64. The van der Waals surface area contributed by atoms with E-state index in [1.54, 1.807) is 21.3 Å². The molecule has 0 amide bonds.